The van der Waals surface area contributed by atoms with E-state index in [0.29, 0.717) is 38.4 Å². The minimum absolute atomic E-state index is 0.0608. The van der Waals surface area contributed by atoms with Crippen molar-refractivity contribution in [3.8, 4) is 0 Å². The Labute approximate surface area is 188 Å². The zero-order valence-electron chi connectivity index (χ0n) is 19.1. The summed E-state index contributed by atoms with van der Waals surface area (Å²) in [6.07, 6.45) is 0. The zero-order chi connectivity index (χ0) is 23.4. The maximum Gasteiger partial charge on any atom is 0.338 e. The van der Waals surface area contributed by atoms with E-state index in [1.54, 1.807) is 32.2 Å². The van der Waals surface area contributed by atoms with Gasteiger partial charge in [-0.3, -0.25) is 14.6 Å². The van der Waals surface area contributed by atoms with Gasteiger partial charge in [-0.05, 0) is 13.0 Å². The molecule has 3 amide bonds. The molecule has 1 atom stereocenters. The molecule has 174 valence electrons. The van der Waals surface area contributed by atoms with Gasteiger partial charge in [0.2, 0.25) is 5.91 Å². The monoisotopic (exact) mass is 446 g/mol. The van der Waals surface area contributed by atoms with Gasteiger partial charge < -0.3 is 15.0 Å². The normalized spacial score (nSPS) is 19.9. The summed E-state index contributed by atoms with van der Waals surface area (Å²) in [5.74, 6) is -1.04. The molecule has 1 N–H and O–H groups in total. The fraction of sp³-hybridized carbons (Fsp3) is 0.522. The van der Waals surface area contributed by atoms with Crippen molar-refractivity contribution in [3.63, 3.8) is 0 Å². The first-order valence-electron chi connectivity index (χ1n) is 10.9. The lowest BCUT2D eigenvalue weighted by Crippen LogP contribution is -2.53. The molecule has 0 saturated carbocycles. The number of rotatable bonds is 6. The van der Waals surface area contributed by atoms with Crippen LogP contribution in [0.1, 0.15) is 32.4 Å². The predicted octanol–water partition coefficient (Wildman–Crippen LogP) is 2.14. The molecule has 2 aliphatic rings. The Hall–Kier alpha value is -2.94. The molecule has 1 fully saturated rings. The van der Waals surface area contributed by atoms with Crippen molar-refractivity contribution in [3.05, 3.63) is 46.9 Å². The molecule has 0 aliphatic carbocycles. The highest BCUT2D eigenvalue weighted by Crippen LogP contribution is 2.32. The molecule has 0 radical (unpaired) electrons. The molecule has 9 heteroatoms. The highest BCUT2D eigenvalue weighted by Gasteiger charge is 2.38. The summed E-state index contributed by atoms with van der Waals surface area (Å²) >= 11 is 0. The van der Waals surface area contributed by atoms with Gasteiger partial charge >= 0.3 is 12.0 Å². The maximum absolute atomic E-state index is 14.6. The molecule has 1 unspecified atom stereocenters. The molecule has 8 nitrogen and oxygen atoms in total. The van der Waals surface area contributed by atoms with Crippen LogP contribution in [-0.2, 0) is 14.3 Å². The first-order valence-corrected chi connectivity index (χ1v) is 10.9. The summed E-state index contributed by atoms with van der Waals surface area (Å²) in [5.41, 5.74) is 0.908. The van der Waals surface area contributed by atoms with Gasteiger partial charge in [0.15, 0.2) is 0 Å². The van der Waals surface area contributed by atoms with E-state index in [1.807, 2.05) is 18.7 Å². The van der Waals surface area contributed by atoms with Crippen molar-refractivity contribution < 1.29 is 23.5 Å². The predicted molar refractivity (Wildman–Crippen MR) is 117 cm³/mol. The molecule has 1 aromatic rings. The van der Waals surface area contributed by atoms with Gasteiger partial charge in [-0.15, -0.1) is 0 Å². The number of benzene rings is 1. The van der Waals surface area contributed by atoms with Crippen molar-refractivity contribution in [1.29, 1.82) is 0 Å². The summed E-state index contributed by atoms with van der Waals surface area (Å²) in [6, 6.07) is 4.71. The van der Waals surface area contributed by atoms with E-state index in [9.17, 15) is 18.8 Å². The van der Waals surface area contributed by atoms with Gasteiger partial charge in [0.25, 0.3) is 0 Å². The third-order valence-electron chi connectivity index (χ3n) is 5.84. The van der Waals surface area contributed by atoms with Gasteiger partial charge in [-0.25, -0.2) is 14.0 Å². The molecular weight excluding hydrogens is 415 g/mol. The number of nitrogens with one attached hydrogen (secondary N) is 1. The fourth-order valence-corrected chi connectivity index (χ4v) is 4.04. The number of urea groups is 1. The summed E-state index contributed by atoms with van der Waals surface area (Å²) in [5, 5.41) is 2.73. The van der Waals surface area contributed by atoms with E-state index in [0.717, 1.165) is 0 Å². The third kappa shape index (κ3) is 4.93. The van der Waals surface area contributed by atoms with Crippen molar-refractivity contribution in [2.24, 2.45) is 5.92 Å². The van der Waals surface area contributed by atoms with Crippen LogP contribution in [-0.4, -0.2) is 79.0 Å². The lowest BCUT2D eigenvalue weighted by Gasteiger charge is -2.39. The van der Waals surface area contributed by atoms with Crippen LogP contribution >= 0.6 is 0 Å². The van der Waals surface area contributed by atoms with E-state index < -0.39 is 23.9 Å². The Kier molecular flexibility index (Phi) is 7.50. The Morgan fingerprint density at radius 1 is 1.19 bits per heavy atom. The maximum atomic E-state index is 14.6. The second-order valence-electron chi connectivity index (χ2n) is 8.30. The lowest BCUT2D eigenvalue weighted by molar-refractivity contribution is -0.139. The number of amides is 3. The molecule has 2 heterocycles. The van der Waals surface area contributed by atoms with E-state index in [1.165, 1.54) is 11.0 Å². The van der Waals surface area contributed by atoms with E-state index in [2.05, 4.69) is 10.2 Å². The number of hydrogen-bond acceptors (Lipinski definition) is 5. The van der Waals surface area contributed by atoms with Crippen LogP contribution in [0, 0.1) is 11.7 Å². The van der Waals surface area contributed by atoms with Crippen LogP contribution in [0.3, 0.4) is 0 Å². The number of piperazine rings is 1. The second kappa shape index (κ2) is 10.1. The highest BCUT2D eigenvalue weighted by molar-refractivity contribution is 5.95. The zero-order valence-corrected chi connectivity index (χ0v) is 19.1. The minimum atomic E-state index is -0.947. The van der Waals surface area contributed by atoms with Crippen molar-refractivity contribution in [1.82, 2.24) is 20.0 Å². The molecular formula is C23H31FN4O4. The standard InChI is InChI=1S/C23H31FN4O4/c1-5-32-22(30)19-18(14-27-10-12-28(13-11-27)21(29)15(2)3)26(4)23(31)25-20(19)16-8-6-7-9-17(16)24/h6-9,15,20H,5,10-14H2,1-4H3,(H,25,31). The van der Waals surface area contributed by atoms with Crippen LogP contribution in [0.4, 0.5) is 9.18 Å². The lowest BCUT2D eigenvalue weighted by atomic mass is 9.94. The fourth-order valence-electron chi connectivity index (χ4n) is 4.04. The van der Waals surface area contributed by atoms with E-state index in [4.69, 9.17) is 4.74 Å². The average Bonchev–Trinajstić information content (AvgIpc) is 2.77. The number of hydrogen-bond donors (Lipinski definition) is 1. The van der Waals surface area contributed by atoms with Crippen LogP contribution in [0.15, 0.2) is 35.5 Å². The van der Waals surface area contributed by atoms with Crippen LogP contribution in [0.5, 0.6) is 0 Å². The second-order valence-corrected chi connectivity index (χ2v) is 8.30. The number of ether oxygens (including phenoxy) is 1. The molecule has 1 saturated heterocycles. The number of carbonyl (C=O) groups excluding carboxylic acids is 3. The first-order chi connectivity index (χ1) is 15.2. The molecule has 32 heavy (non-hydrogen) atoms. The van der Waals surface area contributed by atoms with Crippen LogP contribution in [0.2, 0.25) is 0 Å². The highest BCUT2D eigenvalue weighted by atomic mass is 19.1. The van der Waals surface area contributed by atoms with Gasteiger partial charge in [0.1, 0.15) is 5.82 Å². The van der Waals surface area contributed by atoms with E-state index >= 15 is 0 Å². The topological polar surface area (TPSA) is 82.2 Å². The summed E-state index contributed by atoms with van der Waals surface area (Å²) in [4.78, 5) is 43.3. The van der Waals surface area contributed by atoms with Gasteiger partial charge in [-0.1, -0.05) is 32.0 Å². The molecule has 0 bridgehead atoms. The summed E-state index contributed by atoms with van der Waals surface area (Å²) < 4.78 is 19.9. The van der Waals surface area contributed by atoms with Crippen LogP contribution < -0.4 is 5.32 Å². The first kappa shape index (κ1) is 23.7. The Morgan fingerprint density at radius 2 is 1.84 bits per heavy atom. The average molecular weight is 447 g/mol. The number of esters is 1. The van der Waals surface area contributed by atoms with Gasteiger partial charge in [-0.2, -0.15) is 0 Å². The molecule has 0 spiro atoms. The van der Waals surface area contributed by atoms with Crippen molar-refractivity contribution >= 4 is 17.9 Å². The van der Waals surface area contributed by atoms with Crippen LogP contribution in [0.25, 0.3) is 0 Å². The smallest absolute Gasteiger partial charge is 0.338 e. The summed E-state index contributed by atoms with van der Waals surface area (Å²) in [7, 11) is 1.58. The van der Waals surface area contributed by atoms with E-state index in [-0.39, 0.29) is 29.6 Å². The Bertz CT molecular complexity index is 909. The summed E-state index contributed by atoms with van der Waals surface area (Å²) in [6.45, 7) is 8.30. The largest absolute Gasteiger partial charge is 0.463 e. The molecule has 3 rings (SSSR count). The Balaban J connectivity index is 1.92. The quantitative estimate of drug-likeness (QED) is 0.677. The number of carbonyl (C=O) groups is 3. The molecule has 0 aromatic heterocycles. The van der Waals surface area contributed by atoms with Gasteiger partial charge in [0, 0.05) is 56.9 Å². The number of likely N-dealkylation sites (N-methyl/N-ethyl adjacent to an activating group) is 1. The molecule has 1 aromatic carbocycles. The van der Waals surface area contributed by atoms with Crippen molar-refractivity contribution in [2.75, 3.05) is 46.4 Å². The number of halogens is 1. The minimum Gasteiger partial charge on any atom is -0.463 e. The molecule has 2 aliphatic heterocycles. The van der Waals surface area contributed by atoms with Gasteiger partial charge in [0.05, 0.1) is 18.2 Å². The third-order valence-corrected chi connectivity index (χ3v) is 5.84. The van der Waals surface area contributed by atoms with Crippen molar-refractivity contribution in [2.45, 2.75) is 26.8 Å². The SMILES string of the molecule is CCOC(=O)C1=C(CN2CCN(C(=O)C(C)C)CC2)N(C)C(=O)NC1c1ccccc1F. The Morgan fingerprint density at radius 3 is 2.44 bits per heavy atom. The number of nitrogens with zero attached hydrogens (tertiary/aromatic N) is 3.